The van der Waals surface area contributed by atoms with Crippen LogP contribution in [0, 0.1) is 11.3 Å². The monoisotopic (exact) mass is 290 g/mol. The zero-order valence-corrected chi connectivity index (χ0v) is 11.5. The van der Waals surface area contributed by atoms with Gasteiger partial charge in [0.25, 0.3) is 0 Å². The molecule has 0 aromatic heterocycles. The van der Waals surface area contributed by atoms with E-state index in [1.165, 1.54) is 0 Å². The van der Waals surface area contributed by atoms with E-state index >= 15 is 0 Å². The number of nitrogens with two attached hydrogens (primary N) is 1. The van der Waals surface area contributed by atoms with Gasteiger partial charge in [-0.1, -0.05) is 23.7 Å². The van der Waals surface area contributed by atoms with E-state index < -0.39 is 10.8 Å². The smallest absolute Gasteiger partial charge is 0.0991 e. The molecule has 0 spiro atoms. The van der Waals surface area contributed by atoms with E-state index in [9.17, 15) is 4.21 Å². The van der Waals surface area contributed by atoms with Crippen LogP contribution < -0.4 is 5.73 Å². The summed E-state index contributed by atoms with van der Waals surface area (Å²) < 4.78 is 12.3. The van der Waals surface area contributed by atoms with Crippen LogP contribution in [0.25, 0.3) is 0 Å². The Morgan fingerprint density at radius 2 is 2.05 bits per heavy atom. The van der Waals surface area contributed by atoms with Gasteiger partial charge in [0.05, 0.1) is 38.1 Å². The van der Waals surface area contributed by atoms with Gasteiger partial charge in [-0.15, -0.1) is 0 Å². The molecule has 0 bridgehead atoms. The number of benzene rings is 2. The molecule has 0 radical (unpaired) electrons. The summed E-state index contributed by atoms with van der Waals surface area (Å²) in [6.07, 6.45) is 0. The Hall–Kier alpha value is -1.83. The van der Waals surface area contributed by atoms with Gasteiger partial charge in [0.2, 0.25) is 0 Å². The average Bonchev–Trinajstić information content (AvgIpc) is 2.41. The van der Waals surface area contributed by atoms with Crippen LogP contribution in [0.3, 0.4) is 0 Å². The molecular weight excluding hydrogens is 280 g/mol. The number of anilines is 1. The number of nitrogens with zero attached hydrogens (tertiary/aromatic N) is 1. The molecule has 2 rings (SSSR count). The number of hydrogen-bond acceptors (Lipinski definition) is 3. The minimum atomic E-state index is -1.29. The molecule has 3 nitrogen and oxygen atoms in total. The Kier molecular flexibility index (Phi) is 4.20. The Morgan fingerprint density at radius 1 is 1.26 bits per heavy atom. The second-order valence-electron chi connectivity index (χ2n) is 3.99. The third-order valence-electron chi connectivity index (χ3n) is 2.55. The van der Waals surface area contributed by atoms with Crippen LogP contribution in [0.15, 0.2) is 47.4 Å². The van der Waals surface area contributed by atoms with Gasteiger partial charge in [0.15, 0.2) is 0 Å². The summed E-state index contributed by atoms with van der Waals surface area (Å²) in [4.78, 5) is 0.518. The SMILES string of the molecule is N#Cc1cccc(CS(=O)c2cc(N)ccc2Cl)c1. The molecule has 5 heteroatoms. The lowest BCUT2D eigenvalue weighted by Gasteiger charge is -2.06. The lowest BCUT2D eigenvalue weighted by atomic mass is 10.2. The van der Waals surface area contributed by atoms with Crippen LogP contribution in [0.1, 0.15) is 11.1 Å². The molecule has 19 heavy (non-hydrogen) atoms. The van der Waals surface area contributed by atoms with E-state index in [0.29, 0.717) is 26.9 Å². The van der Waals surface area contributed by atoms with Crippen LogP contribution >= 0.6 is 11.6 Å². The van der Waals surface area contributed by atoms with Crippen molar-refractivity contribution in [3.63, 3.8) is 0 Å². The van der Waals surface area contributed by atoms with E-state index in [-0.39, 0.29) is 0 Å². The predicted molar refractivity (Wildman–Crippen MR) is 77.1 cm³/mol. The molecule has 0 aliphatic carbocycles. The van der Waals surface area contributed by atoms with Gasteiger partial charge in [-0.05, 0) is 35.9 Å². The molecule has 2 N–H and O–H groups in total. The normalized spacial score (nSPS) is 11.8. The average molecular weight is 291 g/mol. The summed E-state index contributed by atoms with van der Waals surface area (Å²) in [6, 6.07) is 14.0. The van der Waals surface area contributed by atoms with Gasteiger partial charge in [-0.2, -0.15) is 5.26 Å². The van der Waals surface area contributed by atoms with Crippen molar-refractivity contribution in [1.29, 1.82) is 5.26 Å². The molecule has 0 saturated heterocycles. The molecule has 2 aromatic rings. The first-order chi connectivity index (χ1) is 9.10. The number of nitrogen functional groups attached to an aromatic ring is 1. The van der Waals surface area contributed by atoms with Crippen molar-refractivity contribution >= 4 is 28.1 Å². The first kappa shape index (κ1) is 13.6. The third kappa shape index (κ3) is 3.34. The van der Waals surface area contributed by atoms with E-state index in [1.54, 1.807) is 36.4 Å². The fraction of sp³-hybridized carbons (Fsp3) is 0.0714. The Labute approximate surface area is 119 Å². The first-order valence-corrected chi connectivity index (χ1v) is 7.22. The second-order valence-corrected chi connectivity index (χ2v) is 5.82. The zero-order valence-electron chi connectivity index (χ0n) is 9.97. The molecule has 0 aliphatic heterocycles. The van der Waals surface area contributed by atoms with E-state index in [4.69, 9.17) is 22.6 Å². The zero-order chi connectivity index (χ0) is 13.8. The highest BCUT2D eigenvalue weighted by molar-refractivity contribution is 7.84. The summed E-state index contributed by atoms with van der Waals surface area (Å²) in [6.45, 7) is 0. The summed E-state index contributed by atoms with van der Waals surface area (Å²) in [5.74, 6) is 0.304. The summed E-state index contributed by atoms with van der Waals surface area (Å²) in [7, 11) is -1.29. The van der Waals surface area contributed by atoms with Gasteiger partial charge in [0.1, 0.15) is 0 Å². The summed E-state index contributed by atoms with van der Waals surface area (Å²) >= 11 is 6.01. The molecule has 96 valence electrons. The lowest BCUT2D eigenvalue weighted by molar-refractivity contribution is 0.682. The number of hydrogen-bond donors (Lipinski definition) is 1. The standard InChI is InChI=1S/C14H11ClN2OS/c15-13-5-4-12(17)7-14(13)19(18)9-11-3-1-2-10(6-11)8-16/h1-7H,9,17H2. The van der Waals surface area contributed by atoms with Crippen molar-refractivity contribution < 1.29 is 4.21 Å². The van der Waals surface area contributed by atoms with Gasteiger partial charge in [-0.25, -0.2) is 0 Å². The highest BCUT2D eigenvalue weighted by atomic mass is 35.5. The molecule has 0 fully saturated rings. The van der Waals surface area contributed by atoms with Crippen molar-refractivity contribution in [3.8, 4) is 6.07 Å². The molecule has 0 saturated carbocycles. The van der Waals surface area contributed by atoms with Crippen LogP contribution in [0.4, 0.5) is 5.69 Å². The molecule has 0 amide bonds. The van der Waals surface area contributed by atoms with E-state index in [1.807, 2.05) is 6.07 Å². The maximum atomic E-state index is 12.3. The Bertz CT molecular complexity index is 679. The van der Waals surface area contributed by atoms with Crippen LogP contribution in [0.2, 0.25) is 5.02 Å². The van der Waals surface area contributed by atoms with Gasteiger partial charge < -0.3 is 5.73 Å². The quantitative estimate of drug-likeness (QED) is 0.883. The van der Waals surface area contributed by atoms with Crippen molar-refractivity contribution in [2.45, 2.75) is 10.6 Å². The highest BCUT2D eigenvalue weighted by Gasteiger charge is 2.10. The summed E-state index contributed by atoms with van der Waals surface area (Å²) in [5.41, 5.74) is 7.57. The molecule has 1 unspecified atom stereocenters. The maximum Gasteiger partial charge on any atom is 0.0991 e. The first-order valence-electron chi connectivity index (χ1n) is 5.52. The topological polar surface area (TPSA) is 66.9 Å². The Balaban J connectivity index is 2.26. The van der Waals surface area contributed by atoms with Crippen molar-refractivity contribution in [2.75, 3.05) is 5.73 Å². The van der Waals surface area contributed by atoms with Crippen molar-refractivity contribution in [3.05, 3.63) is 58.6 Å². The van der Waals surface area contributed by atoms with Crippen LogP contribution in [-0.2, 0) is 16.6 Å². The minimum Gasteiger partial charge on any atom is -0.399 e. The largest absolute Gasteiger partial charge is 0.399 e. The lowest BCUT2D eigenvalue weighted by Crippen LogP contribution is -1.99. The number of halogens is 1. The second kappa shape index (κ2) is 5.87. The van der Waals surface area contributed by atoms with Crippen molar-refractivity contribution in [1.82, 2.24) is 0 Å². The molecular formula is C14H11ClN2OS. The van der Waals surface area contributed by atoms with Crippen LogP contribution in [0.5, 0.6) is 0 Å². The van der Waals surface area contributed by atoms with E-state index in [2.05, 4.69) is 6.07 Å². The molecule has 0 aliphatic rings. The minimum absolute atomic E-state index is 0.304. The fourth-order valence-corrected chi connectivity index (χ4v) is 3.22. The van der Waals surface area contributed by atoms with Crippen molar-refractivity contribution in [2.24, 2.45) is 0 Å². The molecule has 1 atom stereocenters. The molecule has 0 heterocycles. The number of rotatable bonds is 3. The summed E-state index contributed by atoms with van der Waals surface area (Å²) in [5, 5.41) is 9.26. The van der Waals surface area contributed by atoms with Gasteiger partial charge in [0, 0.05) is 5.69 Å². The van der Waals surface area contributed by atoms with Crippen LogP contribution in [-0.4, -0.2) is 4.21 Å². The van der Waals surface area contributed by atoms with Gasteiger partial charge >= 0.3 is 0 Å². The van der Waals surface area contributed by atoms with Gasteiger partial charge in [-0.3, -0.25) is 4.21 Å². The predicted octanol–water partition coefficient (Wildman–Crippen LogP) is 3.10. The maximum absolute atomic E-state index is 12.3. The third-order valence-corrected chi connectivity index (χ3v) is 4.42. The Morgan fingerprint density at radius 3 is 2.79 bits per heavy atom. The number of nitriles is 1. The van der Waals surface area contributed by atoms with E-state index in [0.717, 1.165) is 5.56 Å². The highest BCUT2D eigenvalue weighted by Crippen LogP contribution is 2.24. The fourth-order valence-electron chi connectivity index (χ4n) is 1.65. The molecule has 2 aromatic carbocycles.